The number of thiazole rings is 1. The fourth-order valence-electron chi connectivity index (χ4n) is 2.64. The minimum atomic E-state index is -0.0326. The first-order valence-corrected chi connectivity index (χ1v) is 10.5. The van der Waals surface area contributed by atoms with E-state index in [1.165, 1.54) is 6.92 Å². The van der Waals surface area contributed by atoms with Crippen molar-refractivity contribution in [2.75, 3.05) is 0 Å². The smallest absolute Gasteiger partial charge is 0.217 e. The standard InChI is InChI=1S/C18H14Cl2N4OS2/c1-10(25)21-6-13-2-3-16(27-13)15-9-26-17(23-15)5-12-8-24-7-11(19)4-14(20)18(24)22-12/h2-4,7-9H,5-6H2,1H3,(H,21,25). The van der Waals surface area contributed by atoms with Gasteiger partial charge in [-0.05, 0) is 18.2 Å². The molecule has 9 heteroatoms. The van der Waals surface area contributed by atoms with E-state index in [0.717, 1.165) is 26.1 Å². The molecule has 138 valence electrons. The molecule has 0 unspecified atom stereocenters. The first-order valence-electron chi connectivity index (χ1n) is 8.08. The number of amides is 1. The predicted octanol–water partition coefficient (Wildman–Crippen LogP) is 5.05. The van der Waals surface area contributed by atoms with Gasteiger partial charge in [0.1, 0.15) is 0 Å². The van der Waals surface area contributed by atoms with E-state index in [4.69, 9.17) is 28.2 Å². The van der Waals surface area contributed by atoms with E-state index in [-0.39, 0.29) is 5.91 Å². The number of imidazole rings is 1. The highest BCUT2D eigenvalue weighted by atomic mass is 35.5. The fraction of sp³-hybridized carbons (Fsp3) is 0.167. The van der Waals surface area contributed by atoms with Crippen LogP contribution >= 0.6 is 45.9 Å². The van der Waals surface area contributed by atoms with Gasteiger partial charge in [-0.1, -0.05) is 23.2 Å². The zero-order valence-electron chi connectivity index (χ0n) is 14.2. The minimum Gasteiger partial charge on any atom is -0.351 e. The zero-order chi connectivity index (χ0) is 19.0. The molecule has 0 aliphatic rings. The molecule has 0 radical (unpaired) electrons. The van der Waals surface area contributed by atoms with Crippen molar-refractivity contribution in [2.24, 2.45) is 0 Å². The number of halogens is 2. The van der Waals surface area contributed by atoms with Crippen molar-refractivity contribution in [1.29, 1.82) is 0 Å². The number of nitrogens with one attached hydrogen (secondary N) is 1. The molecule has 0 fully saturated rings. The van der Waals surface area contributed by atoms with Crippen LogP contribution in [0.4, 0.5) is 0 Å². The van der Waals surface area contributed by atoms with E-state index in [2.05, 4.69) is 10.3 Å². The number of nitrogens with zero attached hydrogens (tertiary/aromatic N) is 3. The summed E-state index contributed by atoms with van der Waals surface area (Å²) in [4.78, 5) is 22.5. The van der Waals surface area contributed by atoms with E-state index in [9.17, 15) is 4.79 Å². The normalized spacial score (nSPS) is 11.2. The summed E-state index contributed by atoms with van der Waals surface area (Å²) in [6.07, 6.45) is 4.34. The molecular formula is C18H14Cl2N4OS2. The van der Waals surface area contributed by atoms with E-state index in [1.807, 2.05) is 28.1 Å². The minimum absolute atomic E-state index is 0.0326. The molecule has 0 aromatic carbocycles. The van der Waals surface area contributed by atoms with Crippen molar-refractivity contribution < 1.29 is 4.79 Å². The van der Waals surface area contributed by atoms with Gasteiger partial charge in [0.05, 0.1) is 37.9 Å². The second-order valence-electron chi connectivity index (χ2n) is 5.95. The molecule has 27 heavy (non-hydrogen) atoms. The molecule has 4 heterocycles. The number of fused-ring (bicyclic) bond motifs is 1. The predicted molar refractivity (Wildman–Crippen MR) is 111 cm³/mol. The molecule has 0 saturated carbocycles. The Kier molecular flexibility index (Phi) is 5.19. The second kappa shape index (κ2) is 7.59. The van der Waals surface area contributed by atoms with Gasteiger partial charge in [0.25, 0.3) is 0 Å². The van der Waals surface area contributed by atoms with Crippen molar-refractivity contribution in [2.45, 2.75) is 19.9 Å². The van der Waals surface area contributed by atoms with Crippen molar-refractivity contribution in [1.82, 2.24) is 19.7 Å². The first-order chi connectivity index (χ1) is 13.0. The largest absolute Gasteiger partial charge is 0.351 e. The molecule has 5 nitrogen and oxygen atoms in total. The second-order valence-corrected chi connectivity index (χ2v) is 8.90. The van der Waals surface area contributed by atoms with Gasteiger partial charge in [0, 0.05) is 36.0 Å². The van der Waals surface area contributed by atoms with Crippen LogP contribution in [0.1, 0.15) is 22.5 Å². The lowest BCUT2D eigenvalue weighted by Crippen LogP contribution is -2.17. The number of carbonyl (C=O) groups excluding carboxylic acids is 1. The van der Waals surface area contributed by atoms with Crippen molar-refractivity contribution in [3.63, 3.8) is 0 Å². The summed E-state index contributed by atoms with van der Waals surface area (Å²) < 4.78 is 1.84. The Morgan fingerprint density at radius 2 is 2.11 bits per heavy atom. The number of rotatable bonds is 5. The van der Waals surface area contributed by atoms with Gasteiger partial charge in [-0.2, -0.15) is 0 Å². The maximum Gasteiger partial charge on any atom is 0.217 e. The fourth-order valence-corrected chi connectivity index (χ4v) is 4.96. The van der Waals surface area contributed by atoms with Crippen molar-refractivity contribution in [3.05, 3.63) is 61.6 Å². The van der Waals surface area contributed by atoms with E-state index in [0.29, 0.717) is 28.7 Å². The quantitative estimate of drug-likeness (QED) is 0.475. The highest BCUT2D eigenvalue weighted by molar-refractivity contribution is 7.16. The topological polar surface area (TPSA) is 59.3 Å². The van der Waals surface area contributed by atoms with E-state index < -0.39 is 0 Å². The van der Waals surface area contributed by atoms with Gasteiger partial charge >= 0.3 is 0 Å². The lowest BCUT2D eigenvalue weighted by atomic mass is 10.3. The van der Waals surface area contributed by atoms with E-state index in [1.54, 1.807) is 34.9 Å². The molecule has 0 aliphatic carbocycles. The van der Waals surface area contributed by atoms with Gasteiger partial charge in [-0.3, -0.25) is 4.79 Å². The highest BCUT2D eigenvalue weighted by Gasteiger charge is 2.12. The monoisotopic (exact) mass is 436 g/mol. The third-order valence-corrected chi connectivity index (χ3v) is 6.27. The third-order valence-electron chi connectivity index (χ3n) is 3.83. The molecule has 0 saturated heterocycles. The third kappa shape index (κ3) is 4.16. The Bertz CT molecular complexity index is 1130. The van der Waals surface area contributed by atoms with Crippen LogP contribution in [0.15, 0.2) is 36.0 Å². The molecule has 4 aromatic rings. The van der Waals surface area contributed by atoms with Crippen LogP contribution in [0.25, 0.3) is 16.2 Å². The maximum absolute atomic E-state index is 11.0. The van der Waals surface area contributed by atoms with Crippen LogP contribution in [0, 0.1) is 0 Å². The summed E-state index contributed by atoms with van der Waals surface area (Å²) in [5.41, 5.74) is 2.52. The van der Waals surface area contributed by atoms with Crippen LogP contribution in [0.2, 0.25) is 10.0 Å². The molecule has 0 aliphatic heterocycles. The summed E-state index contributed by atoms with van der Waals surface area (Å²) in [7, 11) is 0. The molecular weight excluding hydrogens is 423 g/mol. The number of thiophene rings is 1. The SMILES string of the molecule is CC(=O)NCc1ccc(-c2csc(Cc3cn4cc(Cl)cc(Cl)c4n3)n2)s1. The van der Waals surface area contributed by atoms with Crippen LogP contribution in [-0.4, -0.2) is 20.3 Å². The number of hydrogen-bond acceptors (Lipinski definition) is 5. The lowest BCUT2D eigenvalue weighted by Gasteiger charge is -1.97. The average Bonchev–Trinajstić information content (AvgIpc) is 3.32. The molecule has 0 bridgehead atoms. The molecule has 4 aromatic heterocycles. The van der Waals surface area contributed by atoms with Crippen molar-refractivity contribution >= 4 is 57.4 Å². The molecule has 4 rings (SSSR count). The Balaban J connectivity index is 1.51. The summed E-state index contributed by atoms with van der Waals surface area (Å²) >= 11 is 15.5. The van der Waals surface area contributed by atoms with Gasteiger partial charge in [0.15, 0.2) is 5.65 Å². The van der Waals surface area contributed by atoms with Gasteiger partial charge < -0.3 is 9.72 Å². The lowest BCUT2D eigenvalue weighted by molar-refractivity contribution is -0.119. The average molecular weight is 437 g/mol. The zero-order valence-corrected chi connectivity index (χ0v) is 17.3. The Morgan fingerprint density at radius 1 is 1.26 bits per heavy atom. The molecule has 1 N–H and O–H groups in total. The van der Waals surface area contributed by atoms with Crippen LogP contribution in [-0.2, 0) is 17.8 Å². The Morgan fingerprint density at radius 3 is 2.93 bits per heavy atom. The maximum atomic E-state index is 11.0. The number of pyridine rings is 1. The van der Waals surface area contributed by atoms with Gasteiger partial charge in [-0.15, -0.1) is 22.7 Å². The van der Waals surface area contributed by atoms with E-state index >= 15 is 0 Å². The number of carbonyl (C=O) groups is 1. The summed E-state index contributed by atoms with van der Waals surface area (Å²) in [6.45, 7) is 2.06. The summed E-state index contributed by atoms with van der Waals surface area (Å²) in [6, 6.07) is 5.74. The van der Waals surface area contributed by atoms with Crippen LogP contribution in [0.5, 0.6) is 0 Å². The highest BCUT2D eigenvalue weighted by Crippen LogP contribution is 2.30. The molecule has 1 amide bonds. The molecule has 0 spiro atoms. The van der Waals surface area contributed by atoms with Gasteiger partial charge in [0.2, 0.25) is 5.91 Å². The Labute approximate surface area is 173 Å². The molecule has 0 atom stereocenters. The number of hydrogen-bond donors (Lipinski definition) is 1. The first kappa shape index (κ1) is 18.4. The Hall–Kier alpha value is -1.93. The van der Waals surface area contributed by atoms with Gasteiger partial charge in [-0.25, -0.2) is 9.97 Å². The van der Waals surface area contributed by atoms with Crippen molar-refractivity contribution in [3.8, 4) is 10.6 Å². The van der Waals surface area contributed by atoms with Crippen LogP contribution < -0.4 is 5.32 Å². The number of aromatic nitrogens is 3. The van der Waals surface area contributed by atoms with Crippen LogP contribution in [0.3, 0.4) is 0 Å². The summed E-state index contributed by atoms with van der Waals surface area (Å²) in [5, 5.41) is 6.93. The summed E-state index contributed by atoms with van der Waals surface area (Å²) in [5.74, 6) is -0.0326.